The van der Waals surface area contributed by atoms with Crippen molar-refractivity contribution < 1.29 is 4.79 Å². The Kier molecular flexibility index (Phi) is 6.93. The van der Waals surface area contributed by atoms with Crippen LogP contribution in [0, 0.1) is 0 Å². The van der Waals surface area contributed by atoms with Gasteiger partial charge in [0, 0.05) is 16.8 Å². The van der Waals surface area contributed by atoms with Crippen molar-refractivity contribution in [2.75, 3.05) is 12.0 Å². The number of anilines is 1. The summed E-state index contributed by atoms with van der Waals surface area (Å²) in [5, 5.41) is 10.1. The van der Waals surface area contributed by atoms with E-state index in [2.05, 4.69) is 27.8 Å². The number of hydrogen-bond acceptors (Lipinski definition) is 5. The maximum absolute atomic E-state index is 12.7. The molecule has 0 aliphatic rings. The highest BCUT2D eigenvalue weighted by atomic mass is 32.1. The predicted molar refractivity (Wildman–Crippen MR) is 114 cm³/mol. The van der Waals surface area contributed by atoms with Crippen molar-refractivity contribution >= 4 is 40.2 Å². The minimum Gasteiger partial charge on any atom is -0.352 e. The minimum atomic E-state index is -0.0737. The van der Waals surface area contributed by atoms with Crippen LogP contribution in [0.5, 0.6) is 0 Å². The highest BCUT2D eigenvalue weighted by Gasteiger charge is 2.12. The molecule has 140 valence electrons. The molecule has 1 amide bonds. The molecule has 0 radical (unpaired) electrons. The average Bonchev–Trinajstić information content (AvgIpc) is 3.20. The van der Waals surface area contributed by atoms with Gasteiger partial charge in [-0.05, 0) is 30.0 Å². The molecule has 3 aromatic rings. The second kappa shape index (κ2) is 9.83. The van der Waals surface area contributed by atoms with Crippen molar-refractivity contribution in [1.82, 2.24) is 10.3 Å². The Balaban J connectivity index is 1.75. The standard InChI is InChI=1S/C21H24N4OS/c1-2-3-4-7-12-22-21(26)18-14-20(24-19-11-6-5-10-17(18)19)25-23-15-16-9-8-13-27-16/h5-6,8-11,13-15H,2-4,7,12H2,1H3,(H,22,26)(H,24,25)/b23-15+. The highest BCUT2D eigenvalue weighted by Crippen LogP contribution is 2.21. The number of amides is 1. The molecule has 0 spiro atoms. The molecule has 0 bridgehead atoms. The first-order valence-electron chi connectivity index (χ1n) is 9.28. The third-order valence-corrected chi connectivity index (χ3v) is 5.00. The van der Waals surface area contributed by atoms with Crippen LogP contribution in [0.25, 0.3) is 10.9 Å². The monoisotopic (exact) mass is 380 g/mol. The average molecular weight is 381 g/mol. The van der Waals surface area contributed by atoms with Crippen molar-refractivity contribution in [3.63, 3.8) is 0 Å². The van der Waals surface area contributed by atoms with Gasteiger partial charge in [0.25, 0.3) is 5.91 Å². The van der Waals surface area contributed by atoms with E-state index in [1.807, 2.05) is 41.8 Å². The molecule has 2 heterocycles. The summed E-state index contributed by atoms with van der Waals surface area (Å²) in [6, 6.07) is 13.4. The van der Waals surface area contributed by atoms with E-state index in [1.54, 1.807) is 23.6 Å². The van der Waals surface area contributed by atoms with E-state index in [4.69, 9.17) is 0 Å². The third-order valence-electron chi connectivity index (χ3n) is 4.19. The smallest absolute Gasteiger partial charge is 0.252 e. The Hall–Kier alpha value is -2.73. The van der Waals surface area contributed by atoms with Gasteiger partial charge in [-0.15, -0.1) is 11.3 Å². The van der Waals surface area contributed by atoms with Gasteiger partial charge < -0.3 is 5.32 Å². The van der Waals surface area contributed by atoms with Gasteiger partial charge in [0.1, 0.15) is 5.82 Å². The van der Waals surface area contributed by atoms with Crippen LogP contribution in [0.1, 0.15) is 47.8 Å². The normalized spacial score (nSPS) is 11.1. The molecule has 0 saturated carbocycles. The van der Waals surface area contributed by atoms with Crippen molar-refractivity contribution in [1.29, 1.82) is 0 Å². The molecule has 2 aromatic heterocycles. The summed E-state index contributed by atoms with van der Waals surface area (Å²) in [4.78, 5) is 18.3. The van der Waals surface area contributed by atoms with E-state index in [1.165, 1.54) is 12.8 Å². The first-order valence-corrected chi connectivity index (χ1v) is 10.2. The lowest BCUT2D eigenvalue weighted by Crippen LogP contribution is -2.25. The minimum absolute atomic E-state index is 0.0737. The van der Waals surface area contributed by atoms with Crippen LogP contribution in [0.4, 0.5) is 5.82 Å². The zero-order valence-electron chi connectivity index (χ0n) is 15.4. The van der Waals surface area contributed by atoms with Gasteiger partial charge >= 0.3 is 0 Å². The van der Waals surface area contributed by atoms with E-state index >= 15 is 0 Å². The molecule has 0 saturated heterocycles. The predicted octanol–water partition coefficient (Wildman–Crippen LogP) is 5.05. The zero-order valence-corrected chi connectivity index (χ0v) is 16.3. The number of fused-ring (bicyclic) bond motifs is 1. The molecule has 1 aromatic carbocycles. The van der Waals surface area contributed by atoms with Crippen LogP contribution in [0.15, 0.2) is 52.9 Å². The summed E-state index contributed by atoms with van der Waals surface area (Å²) in [7, 11) is 0. The van der Waals surface area contributed by atoms with Crippen LogP contribution < -0.4 is 10.7 Å². The number of carbonyl (C=O) groups excluding carboxylic acids is 1. The maximum Gasteiger partial charge on any atom is 0.252 e. The van der Waals surface area contributed by atoms with Gasteiger partial charge in [-0.25, -0.2) is 4.98 Å². The number of unbranched alkanes of at least 4 members (excludes halogenated alkanes) is 3. The Morgan fingerprint density at radius 3 is 2.89 bits per heavy atom. The molecule has 0 unspecified atom stereocenters. The summed E-state index contributed by atoms with van der Waals surface area (Å²) in [6.45, 7) is 2.87. The third kappa shape index (κ3) is 5.37. The summed E-state index contributed by atoms with van der Waals surface area (Å²) in [6.07, 6.45) is 6.26. The van der Waals surface area contributed by atoms with Crippen LogP contribution >= 0.6 is 11.3 Å². The van der Waals surface area contributed by atoms with E-state index < -0.39 is 0 Å². The molecule has 0 aliphatic heterocycles. The molecule has 6 heteroatoms. The highest BCUT2D eigenvalue weighted by molar-refractivity contribution is 7.11. The lowest BCUT2D eigenvalue weighted by atomic mass is 10.1. The number of benzene rings is 1. The topological polar surface area (TPSA) is 66.4 Å². The van der Waals surface area contributed by atoms with Gasteiger partial charge in [-0.2, -0.15) is 5.10 Å². The van der Waals surface area contributed by atoms with Gasteiger partial charge in [-0.3, -0.25) is 10.2 Å². The van der Waals surface area contributed by atoms with Crippen molar-refractivity contribution in [3.05, 3.63) is 58.3 Å². The van der Waals surface area contributed by atoms with Gasteiger partial charge in [0.05, 0.1) is 17.3 Å². The first kappa shape index (κ1) is 19.0. The zero-order chi connectivity index (χ0) is 18.9. The first-order chi connectivity index (χ1) is 13.3. The number of nitrogens with zero attached hydrogens (tertiary/aromatic N) is 2. The van der Waals surface area contributed by atoms with E-state index in [-0.39, 0.29) is 5.91 Å². The van der Waals surface area contributed by atoms with Crippen LogP contribution in [-0.2, 0) is 0 Å². The fraction of sp³-hybridized carbons (Fsp3) is 0.286. The number of thiophene rings is 1. The number of carbonyl (C=O) groups is 1. The fourth-order valence-electron chi connectivity index (χ4n) is 2.80. The van der Waals surface area contributed by atoms with Gasteiger partial charge in [0.15, 0.2) is 0 Å². The Bertz CT molecular complexity index is 906. The number of hydrazone groups is 1. The Labute approximate surface area is 163 Å². The molecule has 2 N–H and O–H groups in total. The molecular weight excluding hydrogens is 356 g/mol. The molecule has 3 rings (SSSR count). The summed E-state index contributed by atoms with van der Waals surface area (Å²) in [5.41, 5.74) is 4.32. The van der Waals surface area contributed by atoms with E-state index in [0.717, 1.165) is 28.6 Å². The molecular formula is C21H24N4OS. The van der Waals surface area contributed by atoms with Crippen molar-refractivity contribution in [2.24, 2.45) is 5.10 Å². The number of nitrogens with one attached hydrogen (secondary N) is 2. The van der Waals surface area contributed by atoms with Crippen molar-refractivity contribution in [3.8, 4) is 0 Å². The number of pyridine rings is 1. The molecule has 27 heavy (non-hydrogen) atoms. The number of hydrogen-bond donors (Lipinski definition) is 2. The molecule has 0 fully saturated rings. The Morgan fingerprint density at radius 1 is 1.19 bits per heavy atom. The van der Waals surface area contributed by atoms with Gasteiger partial charge in [-0.1, -0.05) is 50.5 Å². The second-order valence-electron chi connectivity index (χ2n) is 6.27. The number of aromatic nitrogens is 1. The quantitative estimate of drug-likeness (QED) is 0.310. The van der Waals surface area contributed by atoms with Crippen LogP contribution in [0.2, 0.25) is 0 Å². The van der Waals surface area contributed by atoms with Crippen molar-refractivity contribution in [2.45, 2.75) is 32.6 Å². The van der Waals surface area contributed by atoms with Crippen LogP contribution in [0.3, 0.4) is 0 Å². The van der Waals surface area contributed by atoms with Gasteiger partial charge in [0.2, 0.25) is 0 Å². The number of para-hydroxylation sites is 1. The Morgan fingerprint density at radius 2 is 2.07 bits per heavy atom. The lowest BCUT2D eigenvalue weighted by molar-refractivity contribution is 0.0954. The van der Waals surface area contributed by atoms with E-state index in [9.17, 15) is 4.79 Å². The summed E-state index contributed by atoms with van der Waals surface area (Å²) in [5.74, 6) is 0.480. The summed E-state index contributed by atoms with van der Waals surface area (Å²) >= 11 is 1.61. The maximum atomic E-state index is 12.7. The lowest BCUT2D eigenvalue weighted by Gasteiger charge is -2.10. The molecule has 0 atom stereocenters. The molecule has 0 aliphatic carbocycles. The van der Waals surface area contributed by atoms with E-state index in [0.29, 0.717) is 17.9 Å². The van der Waals surface area contributed by atoms with Crippen LogP contribution in [-0.4, -0.2) is 23.7 Å². The SMILES string of the molecule is CCCCCCNC(=O)c1cc(N/N=C/c2cccs2)nc2ccccc12. The molecule has 5 nitrogen and oxygen atoms in total. The summed E-state index contributed by atoms with van der Waals surface area (Å²) < 4.78 is 0. The second-order valence-corrected chi connectivity index (χ2v) is 7.25. The largest absolute Gasteiger partial charge is 0.352 e. The number of rotatable bonds is 9. The fourth-order valence-corrected chi connectivity index (χ4v) is 3.38.